The van der Waals surface area contributed by atoms with Crippen LogP contribution in [0.25, 0.3) is 11.3 Å². The Kier molecular flexibility index (Phi) is 1.79. The number of aromatic nitrogens is 1. The van der Waals surface area contributed by atoms with Gasteiger partial charge in [-0.3, -0.25) is 0 Å². The average molecular weight is 266 g/mol. The van der Waals surface area contributed by atoms with Crippen LogP contribution in [0, 0.1) is 0 Å². The third kappa shape index (κ3) is 1.03. The molecule has 1 unspecified atom stereocenters. The van der Waals surface area contributed by atoms with E-state index in [0.29, 0.717) is 5.92 Å². The van der Waals surface area contributed by atoms with Crippen LogP contribution in [0.4, 0.5) is 0 Å². The third-order valence-electron chi connectivity index (χ3n) is 2.70. The Balaban J connectivity index is 2.34. The second-order valence-electron chi connectivity index (χ2n) is 3.49. The van der Waals surface area contributed by atoms with Gasteiger partial charge in [0, 0.05) is 16.4 Å². The fourth-order valence-corrected chi connectivity index (χ4v) is 3.60. The molecular formula is C11H8BrNS. The molecule has 1 heterocycles. The van der Waals surface area contributed by atoms with Crippen LogP contribution in [-0.4, -0.2) is 4.98 Å². The molecule has 1 nitrogen and oxygen atoms in total. The van der Waals surface area contributed by atoms with E-state index >= 15 is 0 Å². The van der Waals surface area contributed by atoms with Crippen LogP contribution in [-0.2, 0) is 0 Å². The quantitative estimate of drug-likeness (QED) is 0.701. The molecular weight excluding hydrogens is 258 g/mol. The molecule has 2 aromatic rings. The Morgan fingerprint density at radius 1 is 1.36 bits per heavy atom. The van der Waals surface area contributed by atoms with Gasteiger partial charge in [-0.05, 0) is 21.5 Å². The topological polar surface area (TPSA) is 12.9 Å². The number of fused-ring (bicyclic) bond motifs is 3. The highest BCUT2D eigenvalue weighted by molar-refractivity contribution is 9.11. The van der Waals surface area contributed by atoms with Gasteiger partial charge < -0.3 is 0 Å². The molecule has 0 aliphatic heterocycles. The van der Waals surface area contributed by atoms with Crippen LogP contribution >= 0.6 is 27.3 Å². The van der Waals surface area contributed by atoms with E-state index in [9.17, 15) is 0 Å². The van der Waals surface area contributed by atoms with Gasteiger partial charge in [0.2, 0.25) is 0 Å². The number of rotatable bonds is 0. The van der Waals surface area contributed by atoms with E-state index in [1.54, 1.807) is 11.3 Å². The summed E-state index contributed by atoms with van der Waals surface area (Å²) in [6, 6.07) is 8.53. The fourth-order valence-electron chi connectivity index (χ4n) is 2.02. The van der Waals surface area contributed by atoms with Gasteiger partial charge in [-0.25, -0.2) is 4.98 Å². The summed E-state index contributed by atoms with van der Waals surface area (Å²) in [7, 11) is 0. The van der Waals surface area contributed by atoms with Crippen LogP contribution in [0.1, 0.15) is 23.3 Å². The van der Waals surface area contributed by atoms with Gasteiger partial charge >= 0.3 is 0 Å². The molecule has 1 aromatic heterocycles. The molecule has 1 aromatic carbocycles. The van der Waals surface area contributed by atoms with E-state index in [1.807, 2.05) is 0 Å². The second-order valence-corrected chi connectivity index (χ2v) is 5.80. The van der Waals surface area contributed by atoms with Gasteiger partial charge in [0.15, 0.2) is 3.92 Å². The minimum atomic E-state index is 0.505. The molecule has 3 rings (SSSR count). The first-order chi connectivity index (χ1) is 6.77. The number of hydrogen-bond acceptors (Lipinski definition) is 2. The van der Waals surface area contributed by atoms with Crippen molar-refractivity contribution < 1.29 is 0 Å². The van der Waals surface area contributed by atoms with E-state index in [1.165, 1.54) is 21.7 Å². The van der Waals surface area contributed by atoms with Gasteiger partial charge in [-0.1, -0.05) is 31.2 Å². The zero-order chi connectivity index (χ0) is 9.71. The van der Waals surface area contributed by atoms with Crippen molar-refractivity contribution in [1.29, 1.82) is 0 Å². The lowest BCUT2D eigenvalue weighted by Crippen LogP contribution is -1.86. The summed E-state index contributed by atoms with van der Waals surface area (Å²) in [6.07, 6.45) is 0. The smallest absolute Gasteiger partial charge is 0.160 e. The zero-order valence-electron chi connectivity index (χ0n) is 7.62. The highest BCUT2D eigenvalue weighted by Crippen LogP contribution is 2.47. The predicted molar refractivity (Wildman–Crippen MR) is 62.8 cm³/mol. The molecule has 0 spiro atoms. The average Bonchev–Trinajstić information content (AvgIpc) is 2.68. The molecule has 0 radical (unpaired) electrons. The molecule has 3 heteroatoms. The minimum absolute atomic E-state index is 0.505. The molecule has 0 saturated carbocycles. The maximum absolute atomic E-state index is 4.52. The second kappa shape index (κ2) is 2.91. The summed E-state index contributed by atoms with van der Waals surface area (Å²) < 4.78 is 0.990. The SMILES string of the molecule is CC1c2ccccc2-c2nc(Br)sc21. The lowest BCUT2D eigenvalue weighted by Gasteiger charge is -2.03. The summed E-state index contributed by atoms with van der Waals surface area (Å²) in [5.41, 5.74) is 3.88. The van der Waals surface area contributed by atoms with Gasteiger partial charge in [0.25, 0.3) is 0 Å². The van der Waals surface area contributed by atoms with E-state index in [-0.39, 0.29) is 0 Å². The molecule has 1 aliphatic rings. The van der Waals surface area contributed by atoms with Crippen molar-refractivity contribution in [1.82, 2.24) is 4.98 Å². The zero-order valence-corrected chi connectivity index (χ0v) is 10.0. The predicted octanol–water partition coefficient (Wildman–Crippen LogP) is 4.04. The fraction of sp³-hybridized carbons (Fsp3) is 0.182. The lowest BCUT2D eigenvalue weighted by atomic mass is 10.0. The third-order valence-corrected chi connectivity index (χ3v) is 4.39. The van der Waals surface area contributed by atoms with Gasteiger partial charge in [0.1, 0.15) is 0 Å². The van der Waals surface area contributed by atoms with Crippen molar-refractivity contribution in [3.8, 4) is 11.3 Å². The van der Waals surface area contributed by atoms with Crippen LogP contribution in [0.3, 0.4) is 0 Å². The van der Waals surface area contributed by atoms with Crippen molar-refractivity contribution in [2.45, 2.75) is 12.8 Å². The summed E-state index contributed by atoms with van der Waals surface area (Å²) in [6.45, 7) is 2.25. The Bertz CT molecular complexity index is 504. The van der Waals surface area contributed by atoms with Gasteiger partial charge in [-0.15, -0.1) is 11.3 Å². The lowest BCUT2D eigenvalue weighted by molar-refractivity contribution is 0.979. The number of halogens is 1. The molecule has 14 heavy (non-hydrogen) atoms. The first kappa shape index (κ1) is 8.62. The molecule has 0 N–H and O–H groups in total. The standard InChI is InChI=1S/C11H8BrNS/c1-6-7-4-2-3-5-8(7)9-10(6)14-11(12)13-9/h2-6H,1H3. The van der Waals surface area contributed by atoms with Crippen LogP contribution in [0.5, 0.6) is 0 Å². The van der Waals surface area contributed by atoms with Crippen LogP contribution < -0.4 is 0 Å². The van der Waals surface area contributed by atoms with Crippen molar-refractivity contribution in [3.63, 3.8) is 0 Å². The Labute approximate surface area is 94.9 Å². The highest BCUT2D eigenvalue weighted by Gasteiger charge is 2.28. The maximum Gasteiger partial charge on any atom is 0.160 e. The number of nitrogens with zero attached hydrogens (tertiary/aromatic N) is 1. The van der Waals surface area contributed by atoms with Crippen molar-refractivity contribution in [3.05, 3.63) is 38.6 Å². The van der Waals surface area contributed by atoms with Gasteiger partial charge in [0.05, 0.1) is 5.69 Å². The first-order valence-electron chi connectivity index (χ1n) is 4.53. The van der Waals surface area contributed by atoms with Crippen molar-refractivity contribution in [2.75, 3.05) is 0 Å². The molecule has 1 aliphatic carbocycles. The molecule has 0 bridgehead atoms. The first-order valence-corrected chi connectivity index (χ1v) is 6.14. The minimum Gasteiger partial charge on any atom is -0.229 e. The highest BCUT2D eigenvalue weighted by atomic mass is 79.9. The molecule has 0 fully saturated rings. The number of hydrogen-bond donors (Lipinski definition) is 0. The summed E-state index contributed by atoms with van der Waals surface area (Å²) >= 11 is 5.19. The van der Waals surface area contributed by atoms with Crippen molar-refractivity contribution >= 4 is 27.3 Å². The van der Waals surface area contributed by atoms with E-state index in [4.69, 9.17) is 0 Å². The van der Waals surface area contributed by atoms with E-state index in [2.05, 4.69) is 52.1 Å². The maximum atomic E-state index is 4.52. The normalized spacial score (nSPS) is 18.0. The Hall–Kier alpha value is -0.670. The Morgan fingerprint density at radius 2 is 2.14 bits per heavy atom. The monoisotopic (exact) mass is 265 g/mol. The molecule has 0 saturated heterocycles. The molecule has 0 amide bonds. The summed E-state index contributed by atoms with van der Waals surface area (Å²) in [4.78, 5) is 5.91. The van der Waals surface area contributed by atoms with E-state index < -0.39 is 0 Å². The molecule has 1 atom stereocenters. The number of thiazole rings is 1. The number of benzene rings is 1. The van der Waals surface area contributed by atoms with Gasteiger partial charge in [-0.2, -0.15) is 0 Å². The largest absolute Gasteiger partial charge is 0.229 e. The van der Waals surface area contributed by atoms with Crippen molar-refractivity contribution in [2.24, 2.45) is 0 Å². The Morgan fingerprint density at radius 3 is 3.00 bits per heavy atom. The summed E-state index contributed by atoms with van der Waals surface area (Å²) in [5.74, 6) is 0.505. The van der Waals surface area contributed by atoms with E-state index in [0.717, 1.165) is 3.92 Å². The summed E-state index contributed by atoms with van der Waals surface area (Å²) in [5, 5.41) is 0. The van der Waals surface area contributed by atoms with Crippen LogP contribution in [0.2, 0.25) is 0 Å². The van der Waals surface area contributed by atoms with Crippen LogP contribution in [0.15, 0.2) is 28.2 Å². The molecule has 70 valence electrons.